The fourth-order valence-electron chi connectivity index (χ4n) is 7.22. The Hall–Kier alpha value is -2.68. The van der Waals surface area contributed by atoms with Crippen LogP contribution in [0.3, 0.4) is 0 Å². The molecule has 0 saturated heterocycles. The average molecular weight is 564 g/mol. The second-order valence-electron chi connectivity index (χ2n) is 12.2. The summed E-state index contributed by atoms with van der Waals surface area (Å²) in [5, 5.41) is 6.01. The van der Waals surface area contributed by atoms with Crippen molar-refractivity contribution in [3.63, 3.8) is 0 Å². The molecule has 1 spiro atoms. The highest BCUT2D eigenvalue weighted by Crippen LogP contribution is 2.46. The third-order valence-corrected chi connectivity index (χ3v) is 10.8. The van der Waals surface area contributed by atoms with Crippen molar-refractivity contribution in [2.45, 2.75) is 63.4 Å². The van der Waals surface area contributed by atoms with Gasteiger partial charge in [0, 0.05) is 36.9 Å². The number of aryl methyl sites for hydroxylation is 2. The van der Waals surface area contributed by atoms with Gasteiger partial charge in [-0.05, 0) is 93.0 Å². The molecule has 1 fully saturated rings. The monoisotopic (exact) mass is 563 g/mol. The molecule has 2 bridgehead atoms. The van der Waals surface area contributed by atoms with E-state index in [0.29, 0.717) is 30.4 Å². The Morgan fingerprint density at radius 1 is 1.18 bits per heavy atom. The van der Waals surface area contributed by atoms with Gasteiger partial charge in [0.05, 0.1) is 18.4 Å². The van der Waals surface area contributed by atoms with Crippen molar-refractivity contribution in [1.82, 2.24) is 0 Å². The Morgan fingerprint density at radius 3 is 2.85 bits per heavy atom. The number of ether oxygens (including phenoxy) is 2. The zero-order valence-corrected chi connectivity index (χ0v) is 24.5. The van der Waals surface area contributed by atoms with Crippen LogP contribution in [0.25, 0.3) is 0 Å². The minimum Gasteiger partial charge on any atom is -0.490 e. The van der Waals surface area contributed by atoms with Crippen LogP contribution in [0.4, 0.5) is 5.69 Å². The maximum absolute atomic E-state index is 13.2. The largest absolute Gasteiger partial charge is 0.490 e. The van der Waals surface area contributed by atoms with E-state index in [2.05, 4.69) is 46.5 Å². The van der Waals surface area contributed by atoms with Crippen LogP contribution >= 0.6 is 0 Å². The van der Waals surface area contributed by atoms with Crippen molar-refractivity contribution in [3.05, 3.63) is 70.8 Å². The number of carbonyl (C=O) groups excluding carboxylic acids is 1. The minimum atomic E-state index is -3.12. The van der Waals surface area contributed by atoms with E-state index in [4.69, 9.17) is 14.6 Å². The van der Waals surface area contributed by atoms with E-state index in [1.165, 1.54) is 16.7 Å². The van der Waals surface area contributed by atoms with Gasteiger partial charge in [0.25, 0.3) is 5.91 Å². The van der Waals surface area contributed by atoms with Gasteiger partial charge in [-0.2, -0.15) is 0 Å². The molecule has 7 nitrogen and oxygen atoms in total. The molecule has 2 aliphatic heterocycles. The first-order valence-electron chi connectivity index (χ1n) is 14.7. The normalized spacial score (nSPS) is 33.0. The molecule has 0 aromatic heterocycles. The summed E-state index contributed by atoms with van der Waals surface area (Å²) in [7, 11) is -1.33. The van der Waals surface area contributed by atoms with Crippen LogP contribution in [0, 0.1) is 18.8 Å². The van der Waals surface area contributed by atoms with Gasteiger partial charge in [-0.1, -0.05) is 35.9 Å². The lowest BCUT2D eigenvalue weighted by atomic mass is 9.68. The summed E-state index contributed by atoms with van der Waals surface area (Å²) in [6, 6.07) is 12.4. The molecule has 2 aromatic carbocycles. The molecular formula is C32H41N3O4S. The quantitative estimate of drug-likeness (QED) is 0.473. The number of anilines is 1. The van der Waals surface area contributed by atoms with Crippen molar-refractivity contribution in [2.75, 3.05) is 37.5 Å². The number of amides is 1. The summed E-state index contributed by atoms with van der Waals surface area (Å²) >= 11 is 0. The summed E-state index contributed by atoms with van der Waals surface area (Å²) in [5.41, 5.74) is 5.27. The lowest BCUT2D eigenvalue weighted by molar-refractivity contribution is 0.0132. The Kier molecular flexibility index (Phi) is 7.53. The number of benzene rings is 2. The smallest absolute Gasteiger partial charge is 0.286 e. The number of nitrogens with zero attached hydrogens (tertiary/aromatic N) is 2. The highest BCUT2D eigenvalue weighted by molar-refractivity contribution is 7.91. The molecule has 2 aromatic rings. The van der Waals surface area contributed by atoms with Crippen molar-refractivity contribution in [2.24, 2.45) is 21.3 Å². The number of hydrogen-bond donors (Lipinski definition) is 1. The molecule has 0 unspecified atom stereocenters. The Labute approximate surface area is 238 Å². The maximum Gasteiger partial charge on any atom is 0.286 e. The van der Waals surface area contributed by atoms with Crippen LogP contribution in [0.1, 0.15) is 65.6 Å². The summed E-state index contributed by atoms with van der Waals surface area (Å²) in [5.74, 6) is 1.32. The molecule has 1 saturated carbocycles. The molecule has 40 heavy (non-hydrogen) atoms. The Bertz CT molecular complexity index is 1450. The molecule has 214 valence electrons. The first-order chi connectivity index (χ1) is 19.3. The van der Waals surface area contributed by atoms with E-state index in [9.17, 15) is 9.00 Å². The van der Waals surface area contributed by atoms with Gasteiger partial charge in [-0.3, -0.25) is 4.79 Å². The molecule has 2 heterocycles. The molecule has 2 N–H and O–H groups in total. The average Bonchev–Trinajstić information content (AvgIpc) is 3.06. The van der Waals surface area contributed by atoms with E-state index in [1.54, 1.807) is 13.2 Å². The van der Waals surface area contributed by atoms with E-state index in [0.717, 1.165) is 63.1 Å². The van der Waals surface area contributed by atoms with Crippen LogP contribution in [0.2, 0.25) is 0 Å². The van der Waals surface area contributed by atoms with Gasteiger partial charge >= 0.3 is 0 Å². The molecule has 6 rings (SSSR count). The second-order valence-corrected chi connectivity index (χ2v) is 14.2. The van der Waals surface area contributed by atoms with E-state index in [-0.39, 0.29) is 17.3 Å². The Balaban J connectivity index is 1.44. The lowest BCUT2D eigenvalue weighted by Gasteiger charge is -2.46. The van der Waals surface area contributed by atoms with Gasteiger partial charge in [0.1, 0.15) is 15.7 Å². The summed E-state index contributed by atoms with van der Waals surface area (Å²) in [6.07, 6.45) is 11.2. The van der Waals surface area contributed by atoms with Gasteiger partial charge in [-0.15, -0.1) is 4.36 Å². The maximum atomic E-state index is 13.2. The van der Waals surface area contributed by atoms with E-state index < -0.39 is 15.8 Å². The van der Waals surface area contributed by atoms with Gasteiger partial charge in [0.2, 0.25) is 0 Å². The van der Waals surface area contributed by atoms with Crippen molar-refractivity contribution >= 4 is 21.5 Å². The van der Waals surface area contributed by atoms with Gasteiger partial charge < -0.3 is 14.4 Å². The molecule has 4 aliphatic rings. The Morgan fingerprint density at radius 2 is 2.05 bits per heavy atom. The summed E-state index contributed by atoms with van der Waals surface area (Å²) in [4.78, 5) is 15.6. The van der Waals surface area contributed by atoms with Crippen LogP contribution in [-0.4, -0.2) is 48.8 Å². The number of fused-ring (bicyclic) bond motifs is 4. The fourth-order valence-corrected chi connectivity index (χ4v) is 8.28. The third kappa shape index (κ3) is 5.33. The number of carbonyl (C=O) groups is 1. The number of nitrogens with two attached hydrogens (primary N) is 1. The fraction of sp³-hybridized carbons (Fsp3) is 0.531. The topological polar surface area (TPSA) is 94.2 Å². The first kappa shape index (κ1) is 27.5. The number of methoxy groups -OCH3 is 1. The zero-order chi connectivity index (χ0) is 27.9. The predicted octanol–water partition coefficient (Wildman–Crippen LogP) is 5.34. The standard InChI is InChI=1S/C32H41N3O4S/c1-22-9-13-27-23(17-22)7-6-15-32(27)20-35-19-25-10-12-26(25)29(38-2)8-4-3-5-16-40(33,37)34-31(36)24-11-14-30(39-21-32)28(35)18-24/h4,8-9,11,13-14,17-18,25-26,29H,3,5-7,10,12,15-16,19-21H2,1-2H3,(H2,33,34,36,37)/b8-4+/t25-,26+,29-,32-,40+/m0/s1. The highest BCUT2D eigenvalue weighted by Gasteiger charge is 2.44. The van der Waals surface area contributed by atoms with Crippen molar-refractivity contribution in [1.29, 1.82) is 0 Å². The van der Waals surface area contributed by atoms with Crippen LogP contribution in [-0.2, 0) is 26.5 Å². The van der Waals surface area contributed by atoms with E-state index in [1.807, 2.05) is 12.1 Å². The number of allylic oxidation sites excluding steroid dienone is 1. The summed E-state index contributed by atoms with van der Waals surface area (Å²) < 4.78 is 29.5. The van der Waals surface area contributed by atoms with Gasteiger partial charge in [0.15, 0.2) is 0 Å². The molecule has 1 amide bonds. The van der Waals surface area contributed by atoms with Crippen molar-refractivity contribution in [3.8, 4) is 5.75 Å². The highest BCUT2D eigenvalue weighted by atomic mass is 32.2. The van der Waals surface area contributed by atoms with E-state index >= 15 is 0 Å². The predicted molar refractivity (Wildman–Crippen MR) is 159 cm³/mol. The van der Waals surface area contributed by atoms with Crippen LogP contribution < -0.4 is 14.8 Å². The molecule has 5 atom stereocenters. The van der Waals surface area contributed by atoms with Crippen LogP contribution in [0.5, 0.6) is 5.75 Å². The lowest BCUT2D eigenvalue weighted by Crippen LogP contribution is -2.49. The molecule has 8 heteroatoms. The number of hydrogen-bond acceptors (Lipinski definition) is 5. The third-order valence-electron chi connectivity index (χ3n) is 9.47. The van der Waals surface area contributed by atoms with Crippen LogP contribution in [0.15, 0.2) is 52.9 Å². The van der Waals surface area contributed by atoms with Crippen molar-refractivity contribution < 1.29 is 18.5 Å². The minimum absolute atomic E-state index is 0.0431. The molecule has 2 aliphatic carbocycles. The zero-order valence-electron chi connectivity index (χ0n) is 23.6. The first-order valence-corrected chi connectivity index (χ1v) is 16.4. The second kappa shape index (κ2) is 11.0. The SMILES string of the molecule is CO[C@H]1/C=C/CCC[S@](N)(=O)=NC(=O)c2ccc3c(c2)N(C[C@@H]2CC[C@H]21)C[C@@]1(CCCc2cc(C)ccc21)CO3. The van der Waals surface area contributed by atoms with Gasteiger partial charge in [-0.25, -0.2) is 9.35 Å². The number of rotatable bonds is 1. The molecular weight excluding hydrogens is 522 g/mol. The summed E-state index contributed by atoms with van der Waals surface area (Å²) in [6.45, 7) is 4.43. The molecule has 0 radical (unpaired) electrons.